The van der Waals surface area contributed by atoms with Crippen LogP contribution in [-0.2, 0) is 12.6 Å². The predicted molar refractivity (Wildman–Crippen MR) is 90.1 cm³/mol. The Morgan fingerprint density at radius 2 is 1.63 bits per heavy atom. The van der Waals surface area contributed by atoms with Gasteiger partial charge >= 0.3 is 6.18 Å². The largest absolute Gasteiger partial charge is 0.417 e. The third-order valence-corrected chi connectivity index (χ3v) is 4.87. The zero-order valence-corrected chi connectivity index (χ0v) is 14.4. The quantitative estimate of drug-likeness (QED) is 0.677. The first kappa shape index (κ1) is 19.3. The van der Waals surface area contributed by atoms with Gasteiger partial charge in [0.25, 0.3) is 5.91 Å². The Morgan fingerprint density at radius 1 is 1.00 bits per heavy atom. The van der Waals surface area contributed by atoms with E-state index in [1.807, 2.05) is 0 Å². The number of hydrogen-bond acceptors (Lipinski definition) is 1. The molecule has 0 N–H and O–H groups in total. The summed E-state index contributed by atoms with van der Waals surface area (Å²) < 4.78 is 66.3. The predicted octanol–water partition coefficient (Wildman–Crippen LogP) is 5.08. The Bertz CT molecular complexity index is 808. The number of carbonyl (C=O) groups excluding carboxylic acids is 1. The van der Waals surface area contributed by atoms with E-state index in [1.165, 1.54) is 17.0 Å². The van der Waals surface area contributed by atoms with E-state index < -0.39 is 29.0 Å². The fourth-order valence-corrected chi connectivity index (χ4v) is 3.43. The van der Waals surface area contributed by atoms with Crippen molar-refractivity contribution in [3.05, 3.63) is 70.8 Å². The molecule has 0 atom stereocenters. The van der Waals surface area contributed by atoms with Gasteiger partial charge in [-0.15, -0.1) is 0 Å². The number of halogens is 5. The average Bonchev–Trinajstić information content (AvgIpc) is 2.63. The van der Waals surface area contributed by atoms with Crippen molar-refractivity contribution in [2.24, 2.45) is 5.92 Å². The fraction of sp³-hybridized carbons (Fsp3) is 0.350. The Hall–Kier alpha value is -2.44. The lowest BCUT2D eigenvalue weighted by atomic mass is 9.89. The molecule has 1 amide bonds. The number of alkyl halides is 3. The van der Waals surface area contributed by atoms with Crippen molar-refractivity contribution >= 4 is 5.91 Å². The van der Waals surface area contributed by atoms with Crippen molar-refractivity contribution in [1.29, 1.82) is 0 Å². The van der Waals surface area contributed by atoms with Gasteiger partial charge in [0.05, 0.1) is 11.1 Å². The number of hydrogen-bond donors (Lipinski definition) is 0. The van der Waals surface area contributed by atoms with Gasteiger partial charge in [-0.25, -0.2) is 8.78 Å². The Kier molecular flexibility index (Phi) is 5.48. The van der Waals surface area contributed by atoms with E-state index in [2.05, 4.69) is 0 Å². The number of benzene rings is 2. The topological polar surface area (TPSA) is 20.3 Å². The minimum atomic E-state index is -4.80. The minimum Gasteiger partial charge on any atom is -0.339 e. The summed E-state index contributed by atoms with van der Waals surface area (Å²) in [6, 6.07) is 8.69. The molecule has 1 saturated heterocycles. The minimum absolute atomic E-state index is 0.238. The molecular weight excluding hydrogens is 365 g/mol. The van der Waals surface area contributed by atoms with Crippen molar-refractivity contribution in [2.75, 3.05) is 13.1 Å². The molecule has 3 rings (SSSR count). The van der Waals surface area contributed by atoms with Gasteiger partial charge in [0.15, 0.2) is 0 Å². The van der Waals surface area contributed by atoms with Crippen LogP contribution in [0.25, 0.3) is 0 Å². The number of piperidine rings is 1. The van der Waals surface area contributed by atoms with Gasteiger partial charge in [0.1, 0.15) is 11.6 Å². The zero-order chi connectivity index (χ0) is 19.6. The van der Waals surface area contributed by atoms with Gasteiger partial charge in [0, 0.05) is 13.1 Å². The highest BCUT2D eigenvalue weighted by atomic mass is 19.4. The molecule has 1 fully saturated rings. The van der Waals surface area contributed by atoms with E-state index in [1.54, 1.807) is 12.1 Å². The second-order valence-corrected chi connectivity index (χ2v) is 6.73. The van der Waals surface area contributed by atoms with Crippen LogP contribution in [-0.4, -0.2) is 23.9 Å². The third kappa shape index (κ3) is 4.46. The van der Waals surface area contributed by atoms with Gasteiger partial charge in [-0.3, -0.25) is 4.79 Å². The van der Waals surface area contributed by atoms with E-state index in [4.69, 9.17) is 0 Å². The van der Waals surface area contributed by atoms with Crippen LogP contribution in [0.4, 0.5) is 22.0 Å². The molecule has 0 aliphatic carbocycles. The maximum absolute atomic E-state index is 14.0. The van der Waals surface area contributed by atoms with Crippen molar-refractivity contribution < 1.29 is 26.7 Å². The lowest BCUT2D eigenvalue weighted by Crippen LogP contribution is -2.40. The number of likely N-dealkylation sites (tertiary alicyclic amines) is 1. The number of amides is 1. The van der Waals surface area contributed by atoms with Gasteiger partial charge in [0.2, 0.25) is 0 Å². The summed E-state index contributed by atoms with van der Waals surface area (Å²) in [6.07, 6.45) is -2.90. The smallest absolute Gasteiger partial charge is 0.339 e. The lowest BCUT2D eigenvalue weighted by molar-refractivity contribution is -0.138. The number of rotatable bonds is 3. The maximum atomic E-state index is 14.0. The average molecular weight is 383 g/mol. The van der Waals surface area contributed by atoms with Crippen LogP contribution >= 0.6 is 0 Å². The van der Waals surface area contributed by atoms with Crippen LogP contribution in [0.3, 0.4) is 0 Å². The van der Waals surface area contributed by atoms with E-state index >= 15 is 0 Å². The van der Waals surface area contributed by atoms with E-state index in [9.17, 15) is 26.7 Å². The van der Waals surface area contributed by atoms with Crippen molar-refractivity contribution in [3.63, 3.8) is 0 Å². The first-order valence-electron chi connectivity index (χ1n) is 8.65. The van der Waals surface area contributed by atoms with Gasteiger partial charge in [-0.05, 0) is 55.0 Å². The fourth-order valence-electron chi connectivity index (χ4n) is 3.43. The normalized spacial score (nSPS) is 15.8. The monoisotopic (exact) mass is 383 g/mol. The van der Waals surface area contributed by atoms with Crippen LogP contribution in [0.2, 0.25) is 0 Å². The molecule has 0 aromatic heterocycles. The van der Waals surface area contributed by atoms with Crippen molar-refractivity contribution in [1.82, 2.24) is 4.90 Å². The van der Waals surface area contributed by atoms with Gasteiger partial charge in [-0.1, -0.05) is 18.2 Å². The molecule has 144 valence electrons. The highest BCUT2D eigenvalue weighted by molar-refractivity contribution is 5.96. The van der Waals surface area contributed by atoms with Crippen LogP contribution in [0.1, 0.15) is 34.3 Å². The van der Waals surface area contributed by atoms with E-state index in [0.717, 1.165) is 23.8 Å². The van der Waals surface area contributed by atoms with Crippen LogP contribution < -0.4 is 0 Å². The number of carbonyl (C=O) groups is 1. The summed E-state index contributed by atoms with van der Waals surface area (Å²) in [5, 5.41) is 0. The van der Waals surface area contributed by atoms with E-state index in [-0.39, 0.29) is 24.8 Å². The highest BCUT2D eigenvalue weighted by Gasteiger charge is 2.38. The summed E-state index contributed by atoms with van der Waals surface area (Å²) in [4.78, 5) is 13.8. The molecule has 0 unspecified atom stereocenters. The van der Waals surface area contributed by atoms with E-state index in [0.29, 0.717) is 19.3 Å². The SMILES string of the molecule is O=C(c1c(F)cccc1C(F)(F)F)N1CCC(Cc2ccc(F)cc2)CC1. The Labute approximate surface area is 153 Å². The third-order valence-electron chi connectivity index (χ3n) is 4.87. The summed E-state index contributed by atoms with van der Waals surface area (Å²) in [6.45, 7) is 0.520. The van der Waals surface area contributed by atoms with Crippen LogP contribution in [0, 0.1) is 17.6 Å². The molecule has 0 bridgehead atoms. The standard InChI is InChI=1S/C20H18F5NO/c21-15-6-4-13(5-7-15)12-14-8-10-26(11-9-14)19(27)18-16(20(23,24)25)2-1-3-17(18)22/h1-7,14H,8-12H2. The second kappa shape index (κ2) is 7.66. The first-order chi connectivity index (χ1) is 12.8. The molecular formula is C20H18F5NO. The molecule has 0 saturated carbocycles. The van der Waals surface area contributed by atoms with Crippen LogP contribution in [0.15, 0.2) is 42.5 Å². The molecule has 0 spiro atoms. The summed E-state index contributed by atoms with van der Waals surface area (Å²) in [7, 11) is 0. The molecule has 7 heteroatoms. The molecule has 27 heavy (non-hydrogen) atoms. The summed E-state index contributed by atoms with van der Waals surface area (Å²) in [5.74, 6) is -2.17. The van der Waals surface area contributed by atoms with Crippen molar-refractivity contribution in [3.8, 4) is 0 Å². The second-order valence-electron chi connectivity index (χ2n) is 6.73. The molecule has 2 nitrogen and oxygen atoms in total. The maximum Gasteiger partial charge on any atom is 0.417 e. The molecule has 2 aromatic rings. The van der Waals surface area contributed by atoms with Crippen LogP contribution in [0.5, 0.6) is 0 Å². The lowest BCUT2D eigenvalue weighted by Gasteiger charge is -2.32. The number of nitrogens with zero attached hydrogens (tertiary/aromatic N) is 1. The molecule has 1 heterocycles. The highest BCUT2D eigenvalue weighted by Crippen LogP contribution is 2.34. The molecule has 1 aliphatic heterocycles. The Morgan fingerprint density at radius 3 is 2.22 bits per heavy atom. The van der Waals surface area contributed by atoms with Gasteiger partial charge in [-0.2, -0.15) is 13.2 Å². The molecule has 2 aromatic carbocycles. The first-order valence-corrected chi connectivity index (χ1v) is 8.65. The van der Waals surface area contributed by atoms with Gasteiger partial charge < -0.3 is 4.90 Å². The summed E-state index contributed by atoms with van der Waals surface area (Å²) in [5.41, 5.74) is -1.20. The molecule has 1 aliphatic rings. The van der Waals surface area contributed by atoms with Crippen molar-refractivity contribution in [2.45, 2.75) is 25.4 Å². The summed E-state index contributed by atoms with van der Waals surface area (Å²) >= 11 is 0. The molecule has 0 radical (unpaired) electrons. The Balaban J connectivity index is 1.68. The zero-order valence-electron chi connectivity index (χ0n) is 14.4.